The highest BCUT2D eigenvalue weighted by Crippen LogP contribution is 2.43. The molecule has 0 bridgehead atoms. The molecule has 0 aromatic carbocycles. The molecule has 0 heteroatoms. The van der Waals surface area contributed by atoms with Gasteiger partial charge in [0.15, 0.2) is 0 Å². The quantitative estimate of drug-likeness (QED) is 0.552. The van der Waals surface area contributed by atoms with Gasteiger partial charge in [-0.2, -0.15) is 0 Å². The second kappa shape index (κ2) is 2.56. The Hall–Kier alpha value is 0. The van der Waals surface area contributed by atoms with Gasteiger partial charge in [-0.25, -0.2) is 0 Å². The summed E-state index contributed by atoms with van der Waals surface area (Å²) in [6.45, 7) is 17.6. The van der Waals surface area contributed by atoms with E-state index in [9.17, 15) is 0 Å². The fraction of sp³-hybridized carbons (Fsp3) is 0.900. The molecule has 1 radical (unpaired) electrons. The van der Waals surface area contributed by atoms with E-state index in [1.54, 1.807) is 0 Å². The zero-order valence-electron chi connectivity index (χ0n) is 8.28. The summed E-state index contributed by atoms with van der Waals surface area (Å²) in [5.41, 5.74) is 0.494. The van der Waals surface area contributed by atoms with Crippen LogP contribution in [0.5, 0.6) is 0 Å². The molecule has 10 heavy (non-hydrogen) atoms. The Kier molecular flexibility index (Phi) is 2.56. The number of rotatable bonds is 2. The van der Waals surface area contributed by atoms with Crippen molar-refractivity contribution in [3.63, 3.8) is 0 Å². The lowest BCUT2D eigenvalue weighted by atomic mass is 9.63. The van der Waals surface area contributed by atoms with E-state index in [0.717, 1.165) is 0 Å². The van der Waals surface area contributed by atoms with Gasteiger partial charge in [0.1, 0.15) is 0 Å². The van der Waals surface area contributed by atoms with Crippen molar-refractivity contribution in [3.8, 4) is 0 Å². The molecule has 0 aliphatic carbocycles. The first-order valence-corrected chi connectivity index (χ1v) is 4.05. The minimum atomic E-state index is 0.168. The maximum absolute atomic E-state index is 4.16. The summed E-state index contributed by atoms with van der Waals surface area (Å²) in [5, 5.41) is 0. The van der Waals surface area contributed by atoms with Crippen LogP contribution in [0.4, 0.5) is 0 Å². The van der Waals surface area contributed by atoms with Gasteiger partial charge in [-0.1, -0.05) is 41.5 Å². The Bertz CT molecular complexity index is 102. The topological polar surface area (TPSA) is 0 Å². The Morgan fingerprint density at radius 2 is 1.30 bits per heavy atom. The second-order valence-corrected chi connectivity index (χ2v) is 4.76. The van der Waals surface area contributed by atoms with Gasteiger partial charge in [-0.3, -0.25) is 0 Å². The summed E-state index contributed by atoms with van der Waals surface area (Å²) in [5.74, 6) is 0.694. The molecule has 0 aromatic heterocycles. The van der Waals surface area contributed by atoms with Gasteiger partial charge >= 0.3 is 0 Å². The van der Waals surface area contributed by atoms with Crippen LogP contribution < -0.4 is 0 Å². The van der Waals surface area contributed by atoms with Crippen LogP contribution in [-0.4, -0.2) is 0 Å². The molecule has 0 aliphatic rings. The van der Waals surface area contributed by atoms with Crippen molar-refractivity contribution < 1.29 is 0 Å². The van der Waals surface area contributed by atoms with Crippen LogP contribution in [-0.2, 0) is 0 Å². The maximum atomic E-state index is 4.16. The monoisotopic (exact) mass is 141 g/mol. The van der Waals surface area contributed by atoms with Gasteiger partial charge in [-0.05, 0) is 23.7 Å². The summed E-state index contributed by atoms with van der Waals surface area (Å²) >= 11 is 0. The molecule has 0 atom stereocenters. The van der Waals surface area contributed by atoms with E-state index < -0.39 is 0 Å². The SMILES string of the molecule is [CH2]C(C)(C)C(C)(C)C(C)C. The first kappa shape index (κ1) is 10.0. The molecule has 0 spiro atoms. The van der Waals surface area contributed by atoms with Crippen molar-refractivity contribution in [2.75, 3.05) is 0 Å². The lowest BCUT2D eigenvalue weighted by Crippen LogP contribution is -2.34. The fourth-order valence-corrected chi connectivity index (χ4v) is 0.781. The van der Waals surface area contributed by atoms with Gasteiger partial charge < -0.3 is 0 Å². The summed E-state index contributed by atoms with van der Waals surface area (Å²) in [7, 11) is 0. The second-order valence-electron chi connectivity index (χ2n) is 4.76. The largest absolute Gasteiger partial charge is 0.0622 e. The van der Waals surface area contributed by atoms with Crippen LogP contribution in [0, 0.1) is 23.7 Å². The van der Waals surface area contributed by atoms with E-state index in [1.807, 2.05) is 0 Å². The van der Waals surface area contributed by atoms with Crippen LogP contribution in [0.25, 0.3) is 0 Å². The lowest BCUT2D eigenvalue weighted by molar-refractivity contribution is 0.0976. The molecule has 0 aliphatic heterocycles. The number of hydrogen-bond donors (Lipinski definition) is 0. The van der Waals surface area contributed by atoms with Crippen LogP contribution in [0.15, 0.2) is 0 Å². The van der Waals surface area contributed by atoms with Crippen molar-refractivity contribution in [2.45, 2.75) is 41.5 Å². The zero-order chi connectivity index (χ0) is 8.58. The average Bonchev–Trinajstić information content (AvgIpc) is 1.62. The molecular weight excluding hydrogens is 120 g/mol. The molecule has 0 N–H and O–H groups in total. The highest BCUT2D eigenvalue weighted by molar-refractivity contribution is 4.89. The molecule has 0 unspecified atom stereocenters. The van der Waals surface area contributed by atoms with Crippen molar-refractivity contribution in [3.05, 3.63) is 6.92 Å². The molecule has 0 fully saturated rings. The average molecular weight is 141 g/mol. The minimum Gasteiger partial charge on any atom is -0.0622 e. The van der Waals surface area contributed by atoms with Crippen LogP contribution in [0.2, 0.25) is 0 Å². The molecule has 0 saturated carbocycles. The predicted molar refractivity (Wildman–Crippen MR) is 47.8 cm³/mol. The Morgan fingerprint density at radius 3 is 1.30 bits per heavy atom. The van der Waals surface area contributed by atoms with E-state index in [0.29, 0.717) is 11.3 Å². The molecule has 0 saturated heterocycles. The standard InChI is InChI=1S/C10H21/c1-8(2)10(6,7)9(3,4)5/h8H,3H2,1-2,4-7H3. The molecule has 0 nitrogen and oxygen atoms in total. The third-order valence-corrected chi connectivity index (χ3v) is 3.19. The highest BCUT2D eigenvalue weighted by atomic mass is 14.4. The maximum Gasteiger partial charge on any atom is -0.0280 e. The van der Waals surface area contributed by atoms with E-state index in [4.69, 9.17) is 0 Å². The summed E-state index contributed by atoms with van der Waals surface area (Å²) in [6.07, 6.45) is 0. The van der Waals surface area contributed by atoms with Gasteiger partial charge in [0, 0.05) is 0 Å². The molecular formula is C10H21. The Morgan fingerprint density at radius 1 is 1.00 bits per heavy atom. The van der Waals surface area contributed by atoms with E-state index in [1.165, 1.54) is 0 Å². The van der Waals surface area contributed by atoms with Crippen molar-refractivity contribution >= 4 is 0 Å². The third kappa shape index (κ3) is 1.74. The first-order valence-electron chi connectivity index (χ1n) is 4.05. The lowest BCUT2D eigenvalue weighted by Gasteiger charge is -2.42. The third-order valence-electron chi connectivity index (χ3n) is 3.19. The summed E-state index contributed by atoms with van der Waals surface area (Å²) < 4.78 is 0. The predicted octanol–water partition coefficient (Wildman–Crippen LogP) is 3.53. The number of hydrogen-bond acceptors (Lipinski definition) is 0. The van der Waals surface area contributed by atoms with E-state index >= 15 is 0 Å². The highest BCUT2D eigenvalue weighted by Gasteiger charge is 2.35. The normalized spacial score (nSPS) is 14.4. The molecule has 0 amide bonds. The van der Waals surface area contributed by atoms with Crippen molar-refractivity contribution in [1.29, 1.82) is 0 Å². The zero-order valence-corrected chi connectivity index (χ0v) is 8.28. The van der Waals surface area contributed by atoms with Crippen LogP contribution >= 0.6 is 0 Å². The van der Waals surface area contributed by atoms with Gasteiger partial charge in [0.05, 0.1) is 0 Å². The van der Waals surface area contributed by atoms with E-state index in [-0.39, 0.29) is 5.41 Å². The van der Waals surface area contributed by atoms with Crippen LogP contribution in [0.1, 0.15) is 41.5 Å². The van der Waals surface area contributed by atoms with Gasteiger partial charge in [0.2, 0.25) is 0 Å². The van der Waals surface area contributed by atoms with Crippen LogP contribution in [0.3, 0.4) is 0 Å². The molecule has 0 rings (SSSR count). The minimum absolute atomic E-state index is 0.168. The molecule has 0 heterocycles. The molecule has 0 aromatic rings. The Labute approximate surface area is 66.0 Å². The fourth-order valence-electron chi connectivity index (χ4n) is 0.781. The smallest absolute Gasteiger partial charge is 0.0280 e. The molecule has 61 valence electrons. The van der Waals surface area contributed by atoms with Gasteiger partial charge in [0.25, 0.3) is 0 Å². The Balaban J connectivity index is 4.40. The van der Waals surface area contributed by atoms with Crippen molar-refractivity contribution in [2.24, 2.45) is 16.7 Å². The van der Waals surface area contributed by atoms with E-state index in [2.05, 4.69) is 48.5 Å². The first-order chi connectivity index (χ1) is 4.19. The summed E-state index contributed by atoms with van der Waals surface area (Å²) in [6, 6.07) is 0. The van der Waals surface area contributed by atoms with Gasteiger partial charge in [-0.15, -0.1) is 0 Å². The van der Waals surface area contributed by atoms with Crippen molar-refractivity contribution in [1.82, 2.24) is 0 Å². The summed E-state index contributed by atoms with van der Waals surface area (Å²) in [4.78, 5) is 0.